The summed E-state index contributed by atoms with van der Waals surface area (Å²) in [6, 6.07) is 5.03. The number of hydrogen-bond acceptors (Lipinski definition) is 5. The number of phenols is 1. The smallest absolute Gasteiger partial charge is 0.353 e. The monoisotopic (exact) mass is 282 g/mol. The number of benzene rings is 1. The van der Waals surface area contributed by atoms with Crippen LogP contribution < -0.4 is 0 Å². The van der Waals surface area contributed by atoms with E-state index >= 15 is 0 Å². The highest BCUT2D eigenvalue weighted by molar-refractivity contribution is 7.90. The molecule has 0 spiro atoms. The Kier molecular flexibility index (Phi) is 3.03. The van der Waals surface area contributed by atoms with Gasteiger partial charge in [-0.15, -0.1) is 0 Å². The predicted octanol–water partition coefficient (Wildman–Crippen LogP) is 0.884. The molecule has 0 saturated carbocycles. The van der Waals surface area contributed by atoms with Crippen LogP contribution in [0.3, 0.4) is 0 Å². The van der Waals surface area contributed by atoms with Gasteiger partial charge in [0.05, 0.1) is 10.6 Å². The van der Waals surface area contributed by atoms with Gasteiger partial charge in [0.2, 0.25) is 0 Å². The first kappa shape index (κ1) is 13.1. The van der Waals surface area contributed by atoms with E-state index in [9.17, 15) is 18.3 Å². The van der Waals surface area contributed by atoms with Gasteiger partial charge in [0.15, 0.2) is 9.84 Å². The number of carbonyl (C=O) groups is 1. The van der Waals surface area contributed by atoms with Crippen molar-refractivity contribution in [3.63, 3.8) is 0 Å². The summed E-state index contributed by atoms with van der Waals surface area (Å²) in [5.41, 5.74) is 0.340. The van der Waals surface area contributed by atoms with E-state index in [-0.39, 0.29) is 27.6 Å². The Morgan fingerprint density at radius 3 is 2.47 bits per heavy atom. The molecule has 1 heterocycles. The van der Waals surface area contributed by atoms with Gasteiger partial charge >= 0.3 is 5.97 Å². The summed E-state index contributed by atoms with van der Waals surface area (Å²) < 4.78 is 22.6. The van der Waals surface area contributed by atoms with Crippen LogP contribution in [0.5, 0.6) is 5.75 Å². The van der Waals surface area contributed by atoms with E-state index in [0.29, 0.717) is 0 Å². The summed E-state index contributed by atoms with van der Waals surface area (Å²) in [5.74, 6) is -1.46. The second-order valence-corrected chi connectivity index (χ2v) is 5.94. The molecule has 0 atom stereocenters. The molecule has 0 aliphatic rings. The minimum atomic E-state index is -3.41. The quantitative estimate of drug-likeness (QED) is 0.768. The van der Waals surface area contributed by atoms with Crippen molar-refractivity contribution >= 4 is 15.8 Å². The zero-order chi connectivity index (χ0) is 14.2. The van der Waals surface area contributed by atoms with Crippen molar-refractivity contribution in [2.75, 3.05) is 6.26 Å². The third-order valence-electron chi connectivity index (χ3n) is 2.48. The molecule has 0 saturated heterocycles. The second-order valence-electron chi connectivity index (χ2n) is 3.92. The standard InChI is InChI=1S/C11H10N2O5S/c1-19(17,18)6-2-3-7(10(14)4-6)8-5-9(11(15)16)13-12-8/h2-5,14H,1H3,(H,12,13)(H,15,16). The van der Waals surface area contributed by atoms with E-state index in [1.807, 2.05) is 0 Å². The zero-order valence-electron chi connectivity index (χ0n) is 9.78. The molecule has 0 radical (unpaired) electrons. The molecule has 0 unspecified atom stereocenters. The largest absolute Gasteiger partial charge is 0.507 e. The first-order valence-electron chi connectivity index (χ1n) is 5.11. The molecule has 0 aliphatic carbocycles. The lowest BCUT2D eigenvalue weighted by Gasteiger charge is -2.03. The molecule has 8 heteroatoms. The lowest BCUT2D eigenvalue weighted by atomic mass is 10.1. The normalized spacial score (nSPS) is 11.4. The third kappa shape index (κ3) is 2.58. The summed E-state index contributed by atoms with van der Waals surface area (Å²) in [4.78, 5) is 10.7. The maximum atomic E-state index is 11.3. The number of nitrogens with one attached hydrogen (secondary N) is 1. The topological polar surface area (TPSA) is 120 Å². The molecule has 2 rings (SSSR count). The highest BCUT2D eigenvalue weighted by Crippen LogP contribution is 2.30. The van der Waals surface area contributed by atoms with Gasteiger partial charge in [-0.05, 0) is 24.3 Å². The summed E-state index contributed by atoms with van der Waals surface area (Å²) in [7, 11) is -3.41. The summed E-state index contributed by atoms with van der Waals surface area (Å²) in [6.07, 6.45) is 1.03. The Morgan fingerprint density at radius 2 is 2.00 bits per heavy atom. The zero-order valence-corrected chi connectivity index (χ0v) is 10.6. The van der Waals surface area contributed by atoms with Crippen LogP contribution in [-0.2, 0) is 9.84 Å². The maximum Gasteiger partial charge on any atom is 0.353 e. The van der Waals surface area contributed by atoms with Crippen molar-refractivity contribution < 1.29 is 23.4 Å². The molecular formula is C11H10N2O5S. The van der Waals surface area contributed by atoms with Gasteiger partial charge in [0.25, 0.3) is 0 Å². The van der Waals surface area contributed by atoms with Crippen LogP contribution in [-0.4, -0.2) is 41.1 Å². The number of nitrogens with zero attached hydrogens (tertiary/aromatic N) is 1. The molecule has 1 aromatic heterocycles. The number of aromatic carboxylic acids is 1. The summed E-state index contributed by atoms with van der Waals surface area (Å²) >= 11 is 0. The Bertz CT molecular complexity index is 748. The first-order chi connectivity index (χ1) is 8.79. The van der Waals surface area contributed by atoms with Gasteiger partial charge in [0, 0.05) is 11.8 Å². The third-order valence-corrected chi connectivity index (χ3v) is 3.59. The number of aromatic amines is 1. The first-order valence-corrected chi connectivity index (χ1v) is 7.00. The molecule has 100 valence electrons. The van der Waals surface area contributed by atoms with E-state index in [1.165, 1.54) is 18.2 Å². The average Bonchev–Trinajstić information content (AvgIpc) is 2.76. The fourth-order valence-corrected chi connectivity index (χ4v) is 2.17. The lowest BCUT2D eigenvalue weighted by Crippen LogP contribution is -1.96. The van der Waals surface area contributed by atoms with Gasteiger partial charge < -0.3 is 10.2 Å². The minimum Gasteiger partial charge on any atom is -0.507 e. The van der Waals surface area contributed by atoms with E-state index in [4.69, 9.17) is 5.11 Å². The van der Waals surface area contributed by atoms with Crippen molar-refractivity contribution in [1.29, 1.82) is 0 Å². The van der Waals surface area contributed by atoms with Gasteiger partial charge in [-0.1, -0.05) is 0 Å². The molecule has 19 heavy (non-hydrogen) atoms. The fourth-order valence-electron chi connectivity index (χ4n) is 1.53. The van der Waals surface area contributed by atoms with Crippen molar-refractivity contribution in [3.05, 3.63) is 30.0 Å². The van der Waals surface area contributed by atoms with E-state index in [1.54, 1.807) is 0 Å². The van der Waals surface area contributed by atoms with Gasteiger partial charge in [-0.2, -0.15) is 5.10 Å². The fraction of sp³-hybridized carbons (Fsp3) is 0.0909. The number of carboxylic acid groups (broad SMARTS) is 1. The Hall–Kier alpha value is -2.35. The van der Waals surface area contributed by atoms with E-state index in [0.717, 1.165) is 12.3 Å². The number of H-pyrrole nitrogens is 1. The highest BCUT2D eigenvalue weighted by atomic mass is 32.2. The second kappa shape index (κ2) is 4.39. The number of phenolic OH excluding ortho intramolecular Hbond substituents is 1. The lowest BCUT2D eigenvalue weighted by molar-refractivity contribution is 0.0690. The summed E-state index contributed by atoms with van der Waals surface area (Å²) in [6.45, 7) is 0. The number of rotatable bonds is 3. The number of sulfone groups is 1. The van der Waals surface area contributed by atoms with Gasteiger partial charge in [-0.25, -0.2) is 13.2 Å². The van der Waals surface area contributed by atoms with Gasteiger partial charge in [0.1, 0.15) is 11.4 Å². The Labute approximate surface area is 108 Å². The van der Waals surface area contributed by atoms with Crippen molar-refractivity contribution in [2.24, 2.45) is 0 Å². The van der Waals surface area contributed by atoms with Crippen LogP contribution in [0.1, 0.15) is 10.5 Å². The molecule has 1 aromatic carbocycles. The van der Waals surface area contributed by atoms with Crippen molar-refractivity contribution in [1.82, 2.24) is 10.2 Å². The SMILES string of the molecule is CS(=O)(=O)c1ccc(-c2cc(C(=O)O)[nH]n2)c(O)c1. The van der Waals surface area contributed by atoms with Crippen LogP contribution in [0, 0.1) is 0 Å². The van der Waals surface area contributed by atoms with Crippen LogP contribution in [0.2, 0.25) is 0 Å². The van der Waals surface area contributed by atoms with Gasteiger partial charge in [-0.3, -0.25) is 5.10 Å². The molecule has 0 fully saturated rings. The molecule has 0 aliphatic heterocycles. The molecule has 7 nitrogen and oxygen atoms in total. The van der Waals surface area contributed by atoms with Crippen LogP contribution in [0.15, 0.2) is 29.2 Å². The predicted molar refractivity (Wildman–Crippen MR) is 65.8 cm³/mol. The van der Waals surface area contributed by atoms with Crippen LogP contribution in [0.4, 0.5) is 0 Å². The van der Waals surface area contributed by atoms with E-state index < -0.39 is 15.8 Å². The Morgan fingerprint density at radius 1 is 1.32 bits per heavy atom. The number of carboxylic acids is 1. The maximum absolute atomic E-state index is 11.3. The highest BCUT2D eigenvalue weighted by Gasteiger charge is 2.15. The number of aromatic nitrogens is 2. The van der Waals surface area contributed by atoms with Crippen LogP contribution in [0.25, 0.3) is 11.3 Å². The minimum absolute atomic E-state index is 0.0252. The number of aromatic hydroxyl groups is 1. The van der Waals surface area contributed by atoms with Crippen molar-refractivity contribution in [3.8, 4) is 17.0 Å². The van der Waals surface area contributed by atoms with Crippen LogP contribution >= 0.6 is 0 Å². The summed E-state index contributed by atoms with van der Waals surface area (Å²) in [5, 5.41) is 24.6. The molecular weight excluding hydrogens is 272 g/mol. The number of hydrogen-bond donors (Lipinski definition) is 3. The molecule has 3 N–H and O–H groups in total. The molecule has 2 aromatic rings. The average molecular weight is 282 g/mol. The molecule has 0 amide bonds. The van der Waals surface area contributed by atoms with E-state index in [2.05, 4.69) is 10.2 Å². The molecule has 0 bridgehead atoms. The van der Waals surface area contributed by atoms with Crippen molar-refractivity contribution in [2.45, 2.75) is 4.90 Å². The Balaban J connectivity index is 2.49.